The Morgan fingerprint density at radius 3 is 2.50 bits per heavy atom. The molecule has 0 unspecified atom stereocenters. The number of hydrogen-bond acceptors (Lipinski definition) is 0. The lowest BCUT2D eigenvalue weighted by molar-refractivity contribution is 0.735. The number of benzene rings is 1. The van der Waals surface area contributed by atoms with Gasteiger partial charge in [0.1, 0.15) is 0 Å². The van der Waals surface area contributed by atoms with Gasteiger partial charge in [-0.2, -0.15) is 0 Å². The van der Waals surface area contributed by atoms with Gasteiger partial charge < -0.3 is 0 Å². The van der Waals surface area contributed by atoms with Crippen LogP contribution < -0.4 is 5.32 Å². The Hall–Kier alpha value is -0.690. The summed E-state index contributed by atoms with van der Waals surface area (Å²) < 4.78 is 0. The average molecular weight is 183 g/mol. The molecule has 0 N–H and O–H groups in total. The molecule has 0 saturated carbocycles. The molecule has 65 valence electrons. The standard InChI is InChI=1S/C10H13ClN/c11-8-4-5-9-12-10-6-2-1-3-7-10/h1-3,6-7H,4-5,8-9H2. The molecular weight excluding hydrogens is 170 g/mol. The highest BCUT2D eigenvalue weighted by Crippen LogP contribution is 2.05. The van der Waals surface area contributed by atoms with Gasteiger partial charge in [-0.05, 0) is 25.0 Å². The van der Waals surface area contributed by atoms with Crippen molar-refractivity contribution < 1.29 is 0 Å². The third-order valence-corrected chi connectivity index (χ3v) is 1.86. The van der Waals surface area contributed by atoms with E-state index in [-0.39, 0.29) is 0 Å². The third kappa shape index (κ3) is 3.63. The highest BCUT2D eigenvalue weighted by atomic mass is 35.5. The van der Waals surface area contributed by atoms with Gasteiger partial charge in [0.05, 0.1) is 5.69 Å². The van der Waals surface area contributed by atoms with Gasteiger partial charge in [0.2, 0.25) is 0 Å². The molecule has 0 amide bonds. The quantitative estimate of drug-likeness (QED) is 0.491. The van der Waals surface area contributed by atoms with Gasteiger partial charge in [0, 0.05) is 12.4 Å². The van der Waals surface area contributed by atoms with Gasteiger partial charge >= 0.3 is 0 Å². The van der Waals surface area contributed by atoms with Crippen molar-refractivity contribution in [3.63, 3.8) is 0 Å². The Bertz CT molecular complexity index is 198. The molecule has 0 aliphatic heterocycles. The lowest BCUT2D eigenvalue weighted by Crippen LogP contribution is -1.99. The zero-order valence-corrected chi connectivity index (χ0v) is 7.80. The normalized spacial score (nSPS) is 9.75. The van der Waals surface area contributed by atoms with Crippen LogP contribution in [-0.4, -0.2) is 12.4 Å². The van der Waals surface area contributed by atoms with Crippen LogP contribution in [-0.2, 0) is 0 Å². The number of rotatable bonds is 5. The number of para-hydroxylation sites is 1. The van der Waals surface area contributed by atoms with E-state index in [2.05, 4.69) is 5.32 Å². The van der Waals surface area contributed by atoms with Crippen molar-refractivity contribution >= 4 is 17.3 Å². The predicted molar refractivity (Wildman–Crippen MR) is 53.1 cm³/mol. The molecular formula is C10H13ClN. The molecule has 0 saturated heterocycles. The molecule has 2 heteroatoms. The summed E-state index contributed by atoms with van der Waals surface area (Å²) >= 11 is 5.54. The average Bonchev–Trinajstić information content (AvgIpc) is 2.14. The van der Waals surface area contributed by atoms with Crippen molar-refractivity contribution in [2.24, 2.45) is 0 Å². The maximum Gasteiger partial charge on any atom is 0.0574 e. The summed E-state index contributed by atoms with van der Waals surface area (Å²) in [6.45, 7) is 0.886. The minimum atomic E-state index is 0.740. The Morgan fingerprint density at radius 2 is 1.83 bits per heavy atom. The van der Waals surface area contributed by atoms with Crippen molar-refractivity contribution in [1.82, 2.24) is 5.32 Å². The zero-order chi connectivity index (χ0) is 8.65. The van der Waals surface area contributed by atoms with Crippen LogP contribution in [0.2, 0.25) is 0 Å². The van der Waals surface area contributed by atoms with Crippen LogP contribution >= 0.6 is 11.6 Å². The van der Waals surface area contributed by atoms with E-state index < -0.39 is 0 Å². The van der Waals surface area contributed by atoms with Gasteiger partial charge in [-0.15, -0.1) is 11.6 Å². The second-order valence-corrected chi connectivity index (χ2v) is 2.99. The first-order valence-electron chi connectivity index (χ1n) is 4.22. The first kappa shape index (κ1) is 9.40. The molecule has 1 rings (SSSR count). The Labute approximate surface area is 78.7 Å². The summed E-state index contributed by atoms with van der Waals surface area (Å²) in [7, 11) is 0. The molecule has 0 fully saturated rings. The van der Waals surface area contributed by atoms with Gasteiger partial charge in [-0.25, -0.2) is 0 Å². The fourth-order valence-electron chi connectivity index (χ4n) is 0.948. The first-order chi connectivity index (χ1) is 5.93. The van der Waals surface area contributed by atoms with Crippen LogP contribution in [0.3, 0.4) is 0 Å². The fourth-order valence-corrected chi connectivity index (χ4v) is 1.14. The smallest absolute Gasteiger partial charge is 0.0574 e. The topological polar surface area (TPSA) is 14.1 Å². The molecule has 0 heterocycles. The summed E-state index contributed by atoms with van der Waals surface area (Å²) in [6, 6.07) is 10.0. The lowest BCUT2D eigenvalue weighted by Gasteiger charge is -2.00. The molecule has 1 nitrogen and oxygen atoms in total. The van der Waals surface area contributed by atoms with Crippen LogP contribution in [0.1, 0.15) is 12.8 Å². The Balaban J connectivity index is 2.16. The van der Waals surface area contributed by atoms with Crippen molar-refractivity contribution in [3.8, 4) is 0 Å². The highest BCUT2D eigenvalue weighted by molar-refractivity contribution is 6.17. The highest BCUT2D eigenvalue weighted by Gasteiger charge is 1.90. The predicted octanol–water partition coefficient (Wildman–Crippen LogP) is 2.94. The van der Waals surface area contributed by atoms with Crippen molar-refractivity contribution in [2.45, 2.75) is 12.8 Å². The minimum absolute atomic E-state index is 0.740. The van der Waals surface area contributed by atoms with E-state index in [9.17, 15) is 0 Å². The maximum absolute atomic E-state index is 5.54. The van der Waals surface area contributed by atoms with Gasteiger partial charge in [0.15, 0.2) is 0 Å². The van der Waals surface area contributed by atoms with E-state index >= 15 is 0 Å². The van der Waals surface area contributed by atoms with Crippen LogP contribution in [0.4, 0.5) is 5.69 Å². The molecule has 0 aromatic heterocycles. The van der Waals surface area contributed by atoms with E-state index in [0.717, 1.165) is 31.0 Å². The van der Waals surface area contributed by atoms with Crippen molar-refractivity contribution in [2.75, 3.05) is 12.4 Å². The fraction of sp³-hybridized carbons (Fsp3) is 0.400. The van der Waals surface area contributed by atoms with Crippen LogP contribution in [0.15, 0.2) is 30.3 Å². The van der Waals surface area contributed by atoms with Crippen molar-refractivity contribution in [1.29, 1.82) is 0 Å². The van der Waals surface area contributed by atoms with Crippen LogP contribution in [0.5, 0.6) is 0 Å². The van der Waals surface area contributed by atoms with E-state index in [1.807, 2.05) is 30.3 Å². The molecule has 12 heavy (non-hydrogen) atoms. The molecule has 0 aliphatic rings. The number of nitrogens with zero attached hydrogens (tertiary/aromatic N) is 1. The Kier molecular flexibility index (Phi) is 4.62. The Morgan fingerprint density at radius 1 is 1.08 bits per heavy atom. The lowest BCUT2D eigenvalue weighted by atomic mass is 10.3. The zero-order valence-electron chi connectivity index (χ0n) is 7.04. The second kappa shape index (κ2) is 5.90. The summed E-state index contributed by atoms with van der Waals surface area (Å²) in [5, 5.41) is 4.39. The van der Waals surface area contributed by atoms with E-state index in [0.29, 0.717) is 0 Å². The van der Waals surface area contributed by atoms with E-state index in [1.165, 1.54) is 0 Å². The van der Waals surface area contributed by atoms with Crippen molar-refractivity contribution in [3.05, 3.63) is 30.3 Å². The summed E-state index contributed by atoms with van der Waals surface area (Å²) in [5.41, 5.74) is 1.06. The first-order valence-corrected chi connectivity index (χ1v) is 4.75. The number of halogens is 1. The second-order valence-electron chi connectivity index (χ2n) is 2.61. The summed E-state index contributed by atoms with van der Waals surface area (Å²) in [4.78, 5) is 0. The number of hydrogen-bond donors (Lipinski definition) is 0. The van der Waals surface area contributed by atoms with Gasteiger partial charge in [-0.3, -0.25) is 5.32 Å². The molecule has 0 atom stereocenters. The van der Waals surface area contributed by atoms with E-state index in [4.69, 9.17) is 11.6 Å². The largest absolute Gasteiger partial charge is 0.285 e. The van der Waals surface area contributed by atoms with Gasteiger partial charge in [-0.1, -0.05) is 18.2 Å². The minimum Gasteiger partial charge on any atom is -0.285 e. The third-order valence-electron chi connectivity index (χ3n) is 1.59. The van der Waals surface area contributed by atoms with Crippen LogP contribution in [0, 0.1) is 0 Å². The number of alkyl halides is 1. The molecule has 1 radical (unpaired) electrons. The SMILES string of the molecule is ClCCCC[N]c1ccccc1. The molecule has 0 aliphatic carbocycles. The number of unbranched alkanes of at least 4 members (excludes halogenated alkanes) is 1. The van der Waals surface area contributed by atoms with Gasteiger partial charge in [0.25, 0.3) is 0 Å². The summed E-state index contributed by atoms with van der Waals surface area (Å²) in [6.07, 6.45) is 2.14. The van der Waals surface area contributed by atoms with Crippen LogP contribution in [0.25, 0.3) is 0 Å². The molecule has 0 bridgehead atoms. The molecule has 1 aromatic rings. The maximum atomic E-state index is 5.54. The monoisotopic (exact) mass is 182 g/mol. The molecule has 0 spiro atoms. The molecule has 1 aromatic carbocycles. The summed E-state index contributed by atoms with van der Waals surface area (Å²) in [5.74, 6) is 0.740. The van der Waals surface area contributed by atoms with E-state index in [1.54, 1.807) is 0 Å².